The number of carbonyl (C=O) groups excluding carboxylic acids is 1. The topological polar surface area (TPSA) is 33.2 Å². The average Bonchev–Trinajstić information content (AvgIpc) is 2.61. The molecular weight excluding hydrogens is 303 g/mol. The summed E-state index contributed by atoms with van der Waals surface area (Å²) in [6.07, 6.45) is 3.41. The van der Waals surface area contributed by atoms with Crippen LogP contribution in [-0.4, -0.2) is 10.9 Å². The lowest BCUT2D eigenvalue weighted by Crippen LogP contribution is -2.30. The maximum atomic E-state index is 13.5. The Morgan fingerprint density at radius 2 is 1.88 bits per heavy atom. The lowest BCUT2D eigenvalue weighted by molar-refractivity contribution is 0.0984. The van der Waals surface area contributed by atoms with Crippen molar-refractivity contribution in [2.24, 2.45) is 0 Å². The third kappa shape index (κ3) is 3.66. The summed E-state index contributed by atoms with van der Waals surface area (Å²) in [5.41, 5.74) is 3.10. The van der Waals surface area contributed by atoms with E-state index in [1.54, 1.807) is 29.4 Å². The number of anilines is 1. The number of carbonyl (C=O) groups is 1. The van der Waals surface area contributed by atoms with E-state index < -0.39 is 5.82 Å². The molecule has 0 saturated heterocycles. The van der Waals surface area contributed by atoms with Crippen molar-refractivity contribution in [3.8, 4) is 0 Å². The molecule has 120 valence electrons. The summed E-state index contributed by atoms with van der Waals surface area (Å²) < 4.78 is 13.5. The molecule has 1 heterocycles. The van der Waals surface area contributed by atoms with Gasteiger partial charge in [-0.3, -0.25) is 9.78 Å². The first-order valence-corrected chi connectivity index (χ1v) is 7.66. The zero-order valence-corrected chi connectivity index (χ0v) is 13.3. The van der Waals surface area contributed by atoms with Crippen LogP contribution in [-0.2, 0) is 6.54 Å². The zero-order valence-electron chi connectivity index (χ0n) is 13.3. The molecule has 3 rings (SSSR count). The molecule has 0 spiro atoms. The standard InChI is InChI=1S/C20H17FN2O/c1-15-7-9-19(10-8-15)23(14-16-4-3-11-22-13-16)20(24)17-5-2-6-18(21)12-17/h2-13H,14H2,1H3. The Bertz CT molecular complexity index is 832. The molecule has 24 heavy (non-hydrogen) atoms. The highest BCUT2D eigenvalue weighted by Gasteiger charge is 2.18. The number of aryl methyl sites for hydroxylation is 1. The lowest BCUT2D eigenvalue weighted by Gasteiger charge is -2.23. The maximum Gasteiger partial charge on any atom is 0.258 e. The van der Waals surface area contributed by atoms with E-state index in [0.29, 0.717) is 12.1 Å². The Labute approximate surface area is 140 Å². The van der Waals surface area contributed by atoms with E-state index in [1.165, 1.54) is 12.1 Å². The molecule has 0 N–H and O–H groups in total. The van der Waals surface area contributed by atoms with Gasteiger partial charge in [0.25, 0.3) is 5.91 Å². The van der Waals surface area contributed by atoms with Gasteiger partial charge in [0.2, 0.25) is 0 Å². The highest BCUT2D eigenvalue weighted by atomic mass is 19.1. The van der Waals surface area contributed by atoms with Gasteiger partial charge in [-0.05, 0) is 48.9 Å². The Morgan fingerprint density at radius 3 is 2.54 bits per heavy atom. The monoisotopic (exact) mass is 320 g/mol. The van der Waals surface area contributed by atoms with E-state index in [0.717, 1.165) is 16.8 Å². The maximum absolute atomic E-state index is 13.5. The first kappa shape index (κ1) is 15.9. The fraction of sp³-hybridized carbons (Fsp3) is 0.100. The summed E-state index contributed by atoms with van der Waals surface area (Å²) in [7, 11) is 0. The van der Waals surface area contributed by atoms with Crippen LogP contribution in [0.4, 0.5) is 10.1 Å². The minimum atomic E-state index is -0.425. The molecule has 0 bridgehead atoms. The van der Waals surface area contributed by atoms with Crippen LogP contribution >= 0.6 is 0 Å². The van der Waals surface area contributed by atoms with Crippen molar-refractivity contribution in [1.29, 1.82) is 0 Å². The van der Waals surface area contributed by atoms with E-state index in [9.17, 15) is 9.18 Å². The summed E-state index contributed by atoms with van der Waals surface area (Å²) in [4.78, 5) is 18.6. The van der Waals surface area contributed by atoms with Gasteiger partial charge < -0.3 is 4.90 Å². The predicted octanol–water partition coefficient (Wildman–Crippen LogP) is 4.38. The normalized spacial score (nSPS) is 10.4. The number of hydrogen-bond donors (Lipinski definition) is 0. The van der Waals surface area contributed by atoms with Crippen LogP contribution in [0.25, 0.3) is 0 Å². The van der Waals surface area contributed by atoms with Crippen molar-refractivity contribution < 1.29 is 9.18 Å². The van der Waals surface area contributed by atoms with Crippen molar-refractivity contribution in [2.75, 3.05) is 4.90 Å². The third-order valence-corrected chi connectivity index (χ3v) is 3.73. The first-order valence-electron chi connectivity index (χ1n) is 7.66. The van der Waals surface area contributed by atoms with Gasteiger partial charge in [0.15, 0.2) is 0 Å². The van der Waals surface area contributed by atoms with Gasteiger partial charge in [0, 0.05) is 23.6 Å². The number of pyridine rings is 1. The molecule has 0 aliphatic heterocycles. The molecule has 2 aromatic carbocycles. The molecule has 1 aromatic heterocycles. The van der Waals surface area contributed by atoms with Crippen LogP contribution in [0.15, 0.2) is 73.1 Å². The minimum absolute atomic E-state index is 0.248. The number of benzene rings is 2. The number of hydrogen-bond acceptors (Lipinski definition) is 2. The van der Waals surface area contributed by atoms with Gasteiger partial charge >= 0.3 is 0 Å². The summed E-state index contributed by atoms with van der Waals surface area (Å²) in [5.74, 6) is -0.673. The van der Waals surface area contributed by atoms with Crippen LogP contribution in [0.2, 0.25) is 0 Å². The second kappa shape index (κ2) is 7.04. The lowest BCUT2D eigenvalue weighted by atomic mass is 10.1. The van der Waals surface area contributed by atoms with Gasteiger partial charge in [0.1, 0.15) is 5.82 Å². The molecule has 0 fully saturated rings. The van der Waals surface area contributed by atoms with E-state index in [2.05, 4.69) is 4.98 Å². The quantitative estimate of drug-likeness (QED) is 0.715. The molecule has 4 heteroatoms. The van der Waals surface area contributed by atoms with Crippen molar-refractivity contribution in [3.63, 3.8) is 0 Å². The molecule has 3 aromatic rings. The molecule has 0 aliphatic rings. The molecular formula is C20H17FN2O. The number of amides is 1. The Hall–Kier alpha value is -3.01. The van der Waals surface area contributed by atoms with Crippen LogP contribution in [0.5, 0.6) is 0 Å². The van der Waals surface area contributed by atoms with Gasteiger partial charge in [-0.2, -0.15) is 0 Å². The highest BCUT2D eigenvalue weighted by Crippen LogP contribution is 2.21. The smallest absolute Gasteiger partial charge is 0.258 e. The summed E-state index contributed by atoms with van der Waals surface area (Å²) in [6.45, 7) is 2.36. The highest BCUT2D eigenvalue weighted by molar-refractivity contribution is 6.06. The Balaban J connectivity index is 1.97. The largest absolute Gasteiger partial charge is 0.304 e. The molecule has 0 atom stereocenters. The number of rotatable bonds is 4. The van der Waals surface area contributed by atoms with Gasteiger partial charge in [-0.25, -0.2) is 4.39 Å². The average molecular weight is 320 g/mol. The minimum Gasteiger partial charge on any atom is -0.304 e. The van der Waals surface area contributed by atoms with Crippen molar-refractivity contribution >= 4 is 11.6 Å². The van der Waals surface area contributed by atoms with Crippen molar-refractivity contribution in [2.45, 2.75) is 13.5 Å². The van der Waals surface area contributed by atoms with E-state index in [1.807, 2.05) is 43.3 Å². The summed E-state index contributed by atoms with van der Waals surface area (Å²) >= 11 is 0. The number of halogens is 1. The molecule has 0 unspecified atom stereocenters. The fourth-order valence-electron chi connectivity index (χ4n) is 2.46. The fourth-order valence-corrected chi connectivity index (χ4v) is 2.46. The molecule has 0 radical (unpaired) electrons. The zero-order chi connectivity index (χ0) is 16.9. The van der Waals surface area contributed by atoms with E-state index in [4.69, 9.17) is 0 Å². The molecule has 0 aliphatic carbocycles. The van der Waals surface area contributed by atoms with Crippen LogP contribution in [0.1, 0.15) is 21.5 Å². The van der Waals surface area contributed by atoms with Crippen molar-refractivity contribution in [1.82, 2.24) is 4.98 Å². The number of aromatic nitrogens is 1. The molecule has 3 nitrogen and oxygen atoms in total. The van der Waals surface area contributed by atoms with E-state index >= 15 is 0 Å². The summed E-state index contributed by atoms with van der Waals surface area (Å²) in [5, 5.41) is 0. The predicted molar refractivity (Wildman–Crippen MR) is 92.3 cm³/mol. The first-order chi connectivity index (χ1) is 11.6. The second-order valence-corrected chi connectivity index (χ2v) is 5.60. The molecule has 1 amide bonds. The van der Waals surface area contributed by atoms with Crippen LogP contribution in [0, 0.1) is 12.7 Å². The third-order valence-electron chi connectivity index (χ3n) is 3.73. The molecule has 0 saturated carbocycles. The van der Waals surface area contributed by atoms with Crippen LogP contribution in [0.3, 0.4) is 0 Å². The van der Waals surface area contributed by atoms with Crippen molar-refractivity contribution in [3.05, 3.63) is 95.6 Å². The van der Waals surface area contributed by atoms with Crippen LogP contribution < -0.4 is 4.90 Å². The van der Waals surface area contributed by atoms with E-state index in [-0.39, 0.29) is 5.91 Å². The van der Waals surface area contributed by atoms with Gasteiger partial charge in [-0.1, -0.05) is 29.8 Å². The SMILES string of the molecule is Cc1ccc(N(Cc2cccnc2)C(=O)c2cccc(F)c2)cc1. The Morgan fingerprint density at radius 1 is 1.08 bits per heavy atom. The van der Waals surface area contributed by atoms with Gasteiger partial charge in [-0.15, -0.1) is 0 Å². The second-order valence-electron chi connectivity index (χ2n) is 5.60. The van der Waals surface area contributed by atoms with Gasteiger partial charge in [0.05, 0.1) is 6.54 Å². The Kier molecular flexibility index (Phi) is 4.66. The number of nitrogens with zero attached hydrogens (tertiary/aromatic N) is 2. The summed E-state index contributed by atoms with van der Waals surface area (Å²) in [6, 6.07) is 17.2.